The molecule has 120 valence electrons. The van der Waals surface area contributed by atoms with Gasteiger partial charge in [0.25, 0.3) is 0 Å². The molecule has 0 aliphatic carbocycles. The smallest absolute Gasteiger partial charge is 0.121 e. The van der Waals surface area contributed by atoms with Gasteiger partial charge in [-0.2, -0.15) is 0 Å². The Balaban J connectivity index is 1.98. The van der Waals surface area contributed by atoms with Crippen molar-refractivity contribution >= 4 is 24.1 Å². The van der Waals surface area contributed by atoms with Crippen LogP contribution in [0.5, 0.6) is 0 Å². The van der Waals surface area contributed by atoms with E-state index in [1.54, 1.807) is 18.9 Å². The van der Waals surface area contributed by atoms with Crippen LogP contribution < -0.4 is 0 Å². The number of rotatable bonds is 9. The number of benzene rings is 2. The largest absolute Gasteiger partial charge is 0.377 e. The van der Waals surface area contributed by atoms with Gasteiger partial charge >= 0.3 is 0 Å². The van der Waals surface area contributed by atoms with Gasteiger partial charge < -0.3 is 9.53 Å². The van der Waals surface area contributed by atoms with Gasteiger partial charge in [0, 0.05) is 23.7 Å². The van der Waals surface area contributed by atoms with Crippen LogP contribution in [0.15, 0.2) is 71.6 Å². The zero-order valence-electron chi connectivity index (χ0n) is 13.3. The Morgan fingerprint density at radius 1 is 1.04 bits per heavy atom. The maximum absolute atomic E-state index is 11.0. The second-order valence-electron chi connectivity index (χ2n) is 5.23. The summed E-state index contributed by atoms with van der Waals surface area (Å²) in [7, 11) is 1.71. The third kappa shape index (κ3) is 6.43. The summed E-state index contributed by atoms with van der Waals surface area (Å²) in [6, 6.07) is 20.3. The van der Waals surface area contributed by atoms with Crippen LogP contribution in [0.3, 0.4) is 0 Å². The van der Waals surface area contributed by atoms with E-state index in [0.717, 1.165) is 18.3 Å². The lowest BCUT2D eigenvalue weighted by Gasteiger charge is -2.18. The lowest BCUT2D eigenvalue weighted by molar-refractivity contribution is -0.107. The second-order valence-corrected chi connectivity index (χ2v) is 6.61. The van der Waals surface area contributed by atoms with Crippen molar-refractivity contribution in [2.24, 2.45) is 0 Å². The number of carbonyl (C=O) groups is 1. The Morgan fingerprint density at radius 2 is 1.70 bits per heavy atom. The van der Waals surface area contributed by atoms with Crippen LogP contribution in [-0.2, 0) is 9.53 Å². The van der Waals surface area contributed by atoms with Crippen LogP contribution >= 0.6 is 11.8 Å². The van der Waals surface area contributed by atoms with Gasteiger partial charge in [-0.25, -0.2) is 0 Å². The molecule has 0 spiro atoms. The summed E-state index contributed by atoms with van der Waals surface area (Å²) in [5, 5.41) is 0.209. The number of hydrogen-bond acceptors (Lipinski definition) is 3. The Morgan fingerprint density at radius 3 is 2.30 bits per heavy atom. The van der Waals surface area contributed by atoms with Crippen molar-refractivity contribution in [3.8, 4) is 0 Å². The fraction of sp³-hybridized carbons (Fsp3) is 0.250. The predicted molar refractivity (Wildman–Crippen MR) is 97.7 cm³/mol. The quantitative estimate of drug-likeness (QED) is 0.486. The van der Waals surface area contributed by atoms with Crippen LogP contribution in [-0.4, -0.2) is 24.7 Å². The van der Waals surface area contributed by atoms with Gasteiger partial charge in [0.2, 0.25) is 0 Å². The molecule has 2 aromatic carbocycles. The zero-order chi connectivity index (χ0) is 16.3. The van der Waals surface area contributed by atoms with E-state index in [0.29, 0.717) is 6.42 Å². The van der Waals surface area contributed by atoms with Crippen molar-refractivity contribution in [3.63, 3.8) is 0 Å². The molecule has 3 heteroatoms. The molecule has 0 unspecified atom stereocenters. The molecular formula is C20H22O2S. The molecule has 0 bridgehead atoms. The molecule has 2 atom stereocenters. The van der Waals surface area contributed by atoms with E-state index in [-0.39, 0.29) is 11.4 Å². The standard InChI is InChI=1S/C20H22O2S/c1-22-18(13-12-17-8-4-2-5-9-17)16-20(14-15-21)23-19-10-6-3-7-11-19/h2-13,15,18,20H,14,16H2,1H3/b13-12+/t18-,20-/m1/s1. The summed E-state index contributed by atoms with van der Waals surface area (Å²) in [5.41, 5.74) is 1.15. The molecule has 0 amide bonds. The lowest BCUT2D eigenvalue weighted by atomic mass is 10.1. The van der Waals surface area contributed by atoms with E-state index >= 15 is 0 Å². The molecular weight excluding hydrogens is 304 g/mol. The molecule has 0 N–H and O–H groups in total. The minimum absolute atomic E-state index is 0.00336. The fourth-order valence-corrected chi connectivity index (χ4v) is 3.45. The number of ether oxygens (including phenoxy) is 1. The van der Waals surface area contributed by atoms with E-state index in [2.05, 4.69) is 36.4 Å². The third-order valence-corrected chi connectivity index (χ3v) is 4.77. The first kappa shape index (κ1) is 17.5. The minimum atomic E-state index is -0.00336. The average molecular weight is 326 g/mol. The Kier molecular flexibility index (Phi) is 7.64. The highest BCUT2D eigenvalue weighted by Gasteiger charge is 2.15. The highest BCUT2D eigenvalue weighted by atomic mass is 32.2. The first-order valence-electron chi connectivity index (χ1n) is 7.73. The summed E-state index contributed by atoms with van der Waals surface area (Å²) >= 11 is 1.73. The number of methoxy groups -OCH3 is 1. The summed E-state index contributed by atoms with van der Waals surface area (Å²) < 4.78 is 5.57. The highest BCUT2D eigenvalue weighted by molar-refractivity contribution is 8.00. The van der Waals surface area contributed by atoms with Gasteiger partial charge in [-0.3, -0.25) is 0 Å². The van der Waals surface area contributed by atoms with Crippen molar-refractivity contribution in [1.29, 1.82) is 0 Å². The number of aldehydes is 1. The van der Waals surface area contributed by atoms with E-state index in [9.17, 15) is 4.79 Å². The molecule has 2 nitrogen and oxygen atoms in total. The Hall–Kier alpha value is -1.84. The van der Waals surface area contributed by atoms with E-state index in [1.807, 2.05) is 36.4 Å². The summed E-state index contributed by atoms with van der Waals surface area (Å²) in [6.45, 7) is 0. The summed E-state index contributed by atoms with van der Waals surface area (Å²) in [5.74, 6) is 0. The lowest BCUT2D eigenvalue weighted by Crippen LogP contribution is -2.16. The SMILES string of the molecule is CO[C@H](/C=C/c1ccccc1)C[C@@H](CC=O)Sc1ccccc1. The minimum Gasteiger partial charge on any atom is -0.377 e. The van der Waals surface area contributed by atoms with Crippen molar-refractivity contribution in [2.75, 3.05) is 7.11 Å². The number of carbonyl (C=O) groups excluding carboxylic acids is 1. The molecule has 2 rings (SSSR count). The Labute approximate surface area is 142 Å². The second kappa shape index (κ2) is 10.0. The van der Waals surface area contributed by atoms with Gasteiger partial charge in [-0.15, -0.1) is 11.8 Å². The Bertz CT molecular complexity index is 596. The molecule has 2 aromatic rings. The average Bonchev–Trinajstić information content (AvgIpc) is 2.60. The van der Waals surface area contributed by atoms with Crippen LogP contribution in [0.2, 0.25) is 0 Å². The summed E-state index contributed by atoms with van der Waals surface area (Å²) in [6.07, 6.45) is 6.46. The predicted octanol–water partition coefficient (Wildman–Crippen LogP) is 4.85. The molecule has 0 radical (unpaired) electrons. The first-order valence-corrected chi connectivity index (χ1v) is 8.61. The summed E-state index contributed by atoms with van der Waals surface area (Å²) in [4.78, 5) is 12.2. The van der Waals surface area contributed by atoms with E-state index in [4.69, 9.17) is 4.74 Å². The van der Waals surface area contributed by atoms with Gasteiger partial charge in [0.1, 0.15) is 6.29 Å². The zero-order valence-corrected chi connectivity index (χ0v) is 14.1. The maximum Gasteiger partial charge on any atom is 0.121 e. The van der Waals surface area contributed by atoms with Crippen molar-refractivity contribution in [2.45, 2.75) is 29.1 Å². The third-order valence-electron chi connectivity index (χ3n) is 3.51. The van der Waals surface area contributed by atoms with Gasteiger partial charge in [0.15, 0.2) is 0 Å². The van der Waals surface area contributed by atoms with E-state index in [1.165, 1.54) is 4.90 Å². The molecule has 0 aromatic heterocycles. The first-order chi connectivity index (χ1) is 11.3. The molecule has 0 aliphatic heterocycles. The van der Waals surface area contributed by atoms with Crippen LogP contribution in [0.4, 0.5) is 0 Å². The van der Waals surface area contributed by atoms with Gasteiger partial charge in [-0.05, 0) is 24.1 Å². The molecule has 0 aliphatic rings. The number of thioether (sulfide) groups is 1. The molecule has 0 saturated heterocycles. The molecule has 0 saturated carbocycles. The van der Waals surface area contributed by atoms with Crippen molar-refractivity contribution in [3.05, 3.63) is 72.3 Å². The number of hydrogen-bond donors (Lipinski definition) is 0. The van der Waals surface area contributed by atoms with Crippen molar-refractivity contribution < 1.29 is 9.53 Å². The topological polar surface area (TPSA) is 26.3 Å². The van der Waals surface area contributed by atoms with E-state index < -0.39 is 0 Å². The molecule has 0 fully saturated rings. The van der Waals surface area contributed by atoms with Crippen LogP contribution in [0, 0.1) is 0 Å². The van der Waals surface area contributed by atoms with Gasteiger partial charge in [-0.1, -0.05) is 60.7 Å². The molecule has 0 heterocycles. The normalized spacial score (nSPS) is 13.8. The van der Waals surface area contributed by atoms with Gasteiger partial charge in [0.05, 0.1) is 6.10 Å². The molecule has 23 heavy (non-hydrogen) atoms. The fourth-order valence-electron chi connectivity index (χ4n) is 2.29. The monoisotopic (exact) mass is 326 g/mol. The van der Waals surface area contributed by atoms with Crippen molar-refractivity contribution in [1.82, 2.24) is 0 Å². The maximum atomic E-state index is 11.0. The highest BCUT2D eigenvalue weighted by Crippen LogP contribution is 2.28. The van der Waals surface area contributed by atoms with Crippen LogP contribution in [0.1, 0.15) is 18.4 Å². The van der Waals surface area contributed by atoms with Crippen LogP contribution in [0.25, 0.3) is 6.08 Å².